The van der Waals surface area contributed by atoms with Crippen LogP contribution in [-0.2, 0) is 9.53 Å². The highest BCUT2D eigenvalue weighted by Gasteiger charge is 2.17. The Morgan fingerprint density at radius 3 is 1.86 bits per heavy atom. The van der Waals surface area contributed by atoms with Crippen LogP contribution >= 0.6 is 0 Å². The average Bonchev–Trinajstić information content (AvgIpc) is 2.77. The third-order valence-electron chi connectivity index (χ3n) is 4.90. The monoisotopic (exact) mass is 382 g/mol. The number of hydrogen-bond donors (Lipinski definition) is 0. The van der Waals surface area contributed by atoms with E-state index in [1.807, 2.05) is 42.5 Å². The van der Waals surface area contributed by atoms with Crippen molar-refractivity contribution in [3.05, 3.63) is 91.0 Å². The van der Waals surface area contributed by atoms with Crippen LogP contribution in [0.15, 0.2) is 91.0 Å². The van der Waals surface area contributed by atoms with Crippen molar-refractivity contribution in [2.24, 2.45) is 0 Å². The second-order valence-corrected chi connectivity index (χ2v) is 6.77. The number of fused-ring (bicyclic) bond motifs is 2. The zero-order chi connectivity index (χ0) is 20.2. The van der Waals surface area contributed by atoms with E-state index in [1.54, 1.807) is 6.92 Å². The molecule has 0 atom stereocenters. The maximum absolute atomic E-state index is 11.9. The lowest BCUT2D eigenvalue weighted by molar-refractivity contribution is -0.138. The Kier molecular flexibility index (Phi) is 5.30. The molecule has 29 heavy (non-hydrogen) atoms. The summed E-state index contributed by atoms with van der Waals surface area (Å²) in [5, 5.41) is 4.21. The minimum Gasteiger partial charge on any atom is -0.487 e. The number of carbonyl (C=O) groups excluding carboxylic acids is 1. The van der Waals surface area contributed by atoms with Crippen molar-refractivity contribution in [2.75, 3.05) is 13.2 Å². The molecule has 0 heterocycles. The van der Waals surface area contributed by atoms with E-state index < -0.39 is 5.97 Å². The summed E-state index contributed by atoms with van der Waals surface area (Å²) in [6.07, 6.45) is 0. The molecule has 3 heteroatoms. The fourth-order valence-electron chi connectivity index (χ4n) is 3.61. The first-order chi connectivity index (χ1) is 14.2. The van der Waals surface area contributed by atoms with Gasteiger partial charge in [0.15, 0.2) is 0 Å². The van der Waals surface area contributed by atoms with E-state index >= 15 is 0 Å². The molecule has 0 aliphatic heterocycles. The highest BCUT2D eigenvalue weighted by atomic mass is 16.5. The van der Waals surface area contributed by atoms with Crippen molar-refractivity contribution >= 4 is 27.5 Å². The molecule has 3 nitrogen and oxygen atoms in total. The first-order valence-electron chi connectivity index (χ1n) is 9.67. The largest absolute Gasteiger partial charge is 0.487 e. The lowest BCUT2D eigenvalue weighted by Gasteiger charge is -2.18. The summed E-state index contributed by atoms with van der Waals surface area (Å²) >= 11 is 0. The highest BCUT2D eigenvalue weighted by Crippen LogP contribution is 2.43. The lowest BCUT2D eigenvalue weighted by atomic mass is 9.91. The van der Waals surface area contributed by atoms with Crippen molar-refractivity contribution in [1.82, 2.24) is 0 Å². The Balaban J connectivity index is 1.90. The fraction of sp³-hybridized carbons (Fsp3) is 0.115. The number of rotatable bonds is 6. The Hall–Kier alpha value is -3.59. The molecular weight excluding hydrogens is 360 g/mol. The fourth-order valence-corrected chi connectivity index (χ4v) is 3.61. The maximum atomic E-state index is 11.9. The van der Waals surface area contributed by atoms with Crippen LogP contribution in [0.4, 0.5) is 0 Å². The minimum atomic E-state index is -0.429. The molecule has 0 aromatic heterocycles. The van der Waals surface area contributed by atoms with E-state index in [9.17, 15) is 4.79 Å². The molecule has 0 radical (unpaired) electrons. The topological polar surface area (TPSA) is 35.5 Å². The molecule has 0 aliphatic carbocycles. The van der Waals surface area contributed by atoms with Crippen LogP contribution < -0.4 is 4.74 Å². The quantitative estimate of drug-likeness (QED) is 0.228. The van der Waals surface area contributed by atoms with Crippen molar-refractivity contribution in [3.63, 3.8) is 0 Å². The molecule has 0 saturated heterocycles. The van der Waals surface area contributed by atoms with Crippen molar-refractivity contribution in [3.8, 4) is 16.9 Å². The molecule has 0 aliphatic rings. The van der Waals surface area contributed by atoms with Gasteiger partial charge in [0, 0.05) is 10.8 Å². The van der Waals surface area contributed by atoms with Crippen LogP contribution in [0.5, 0.6) is 5.75 Å². The molecular formula is C26H22O3. The number of esters is 1. The third-order valence-corrected chi connectivity index (χ3v) is 4.90. The zero-order valence-corrected chi connectivity index (χ0v) is 16.4. The van der Waals surface area contributed by atoms with Gasteiger partial charge in [0.25, 0.3) is 0 Å². The van der Waals surface area contributed by atoms with E-state index in [-0.39, 0.29) is 6.61 Å². The summed E-state index contributed by atoms with van der Waals surface area (Å²) in [4.78, 5) is 11.9. The van der Waals surface area contributed by atoms with E-state index in [0.717, 1.165) is 32.9 Å². The average molecular weight is 382 g/mol. The molecule has 4 aromatic rings. The van der Waals surface area contributed by atoms with Crippen molar-refractivity contribution in [1.29, 1.82) is 0 Å². The number of benzene rings is 4. The first-order valence-corrected chi connectivity index (χ1v) is 9.67. The zero-order valence-electron chi connectivity index (χ0n) is 16.4. The third kappa shape index (κ3) is 3.59. The van der Waals surface area contributed by atoms with E-state index in [2.05, 4.69) is 43.0 Å². The maximum Gasteiger partial charge on any atom is 0.336 e. The number of ether oxygens (including phenoxy) is 2. The standard InChI is InChI=1S/C26H22O3/c1-3-28-26(27)18(2)17-29-25-22-15-9-7-13-20(22)24(19-11-5-4-6-12-19)21-14-8-10-16-23(21)25/h4-16H,2-3,17H2,1H3. The van der Waals surface area contributed by atoms with Gasteiger partial charge in [0.2, 0.25) is 0 Å². The molecule has 0 amide bonds. The summed E-state index contributed by atoms with van der Waals surface area (Å²) in [5.41, 5.74) is 2.63. The second-order valence-electron chi connectivity index (χ2n) is 6.77. The molecule has 4 rings (SSSR count). The Bertz CT molecular complexity index is 1140. The van der Waals surface area contributed by atoms with E-state index in [0.29, 0.717) is 12.2 Å². The van der Waals surface area contributed by atoms with Gasteiger partial charge in [-0.15, -0.1) is 0 Å². The highest BCUT2D eigenvalue weighted by molar-refractivity contribution is 6.16. The predicted octanol–water partition coefficient (Wildman–Crippen LogP) is 6.16. The SMILES string of the molecule is C=C(COc1c2ccccc2c(-c2ccccc2)c2ccccc12)C(=O)OCC. The Labute approximate surface area is 170 Å². The minimum absolute atomic E-state index is 0.0809. The molecule has 0 spiro atoms. The summed E-state index contributed by atoms with van der Waals surface area (Å²) in [7, 11) is 0. The number of hydrogen-bond acceptors (Lipinski definition) is 3. The summed E-state index contributed by atoms with van der Waals surface area (Å²) in [5.74, 6) is 0.323. The van der Waals surface area contributed by atoms with Gasteiger partial charge in [-0.05, 0) is 28.8 Å². The molecule has 0 N–H and O–H groups in total. The molecule has 0 saturated carbocycles. The van der Waals surface area contributed by atoms with Crippen LogP contribution in [0.25, 0.3) is 32.7 Å². The van der Waals surface area contributed by atoms with Gasteiger partial charge in [0.1, 0.15) is 12.4 Å². The van der Waals surface area contributed by atoms with Crippen LogP contribution in [0.2, 0.25) is 0 Å². The molecule has 0 bridgehead atoms. The Morgan fingerprint density at radius 1 is 0.793 bits per heavy atom. The van der Waals surface area contributed by atoms with Gasteiger partial charge in [-0.25, -0.2) is 4.79 Å². The van der Waals surface area contributed by atoms with Crippen LogP contribution in [-0.4, -0.2) is 19.2 Å². The van der Waals surface area contributed by atoms with Gasteiger partial charge in [-0.2, -0.15) is 0 Å². The van der Waals surface area contributed by atoms with Gasteiger partial charge in [-0.3, -0.25) is 0 Å². The molecule has 4 aromatic carbocycles. The molecule has 0 unspecified atom stereocenters. The van der Waals surface area contributed by atoms with Gasteiger partial charge < -0.3 is 9.47 Å². The molecule has 144 valence electrons. The molecule has 0 fully saturated rings. The summed E-state index contributed by atoms with van der Waals surface area (Å²) in [6, 6.07) is 26.7. The van der Waals surface area contributed by atoms with Gasteiger partial charge in [0.05, 0.1) is 12.2 Å². The smallest absolute Gasteiger partial charge is 0.336 e. The van der Waals surface area contributed by atoms with Crippen LogP contribution in [0, 0.1) is 0 Å². The summed E-state index contributed by atoms with van der Waals surface area (Å²) < 4.78 is 11.2. The van der Waals surface area contributed by atoms with Crippen LogP contribution in [0.1, 0.15) is 6.92 Å². The predicted molar refractivity (Wildman–Crippen MR) is 118 cm³/mol. The van der Waals surface area contributed by atoms with Gasteiger partial charge >= 0.3 is 5.97 Å². The van der Waals surface area contributed by atoms with Crippen LogP contribution in [0.3, 0.4) is 0 Å². The first kappa shape index (κ1) is 18.8. The van der Waals surface area contributed by atoms with Gasteiger partial charge in [-0.1, -0.05) is 85.4 Å². The van der Waals surface area contributed by atoms with Crippen molar-refractivity contribution in [2.45, 2.75) is 6.92 Å². The van der Waals surface area contributed by atoms with Crippen molar-refractivity contribution < 1.29 is 14.3 Å². The second kappa shape index (κ2) is 8.19. The summed E-state index contributed by atoms with van der Waals surface area (Å²) in [6.45, 7) is 5.98. The normalized spacial score (nSPS) is 10.8. The Morgan fingerprint density at radius 2 is 1.31 bits per heavy atom. The van der Waals surface area contributed by atoms with E-state index in [1.165, 1.54) is 5.56 Å². The van der Waals surface area contributed by atoms with E-state index in [4.69, 9.17) is 9.47 Å². The lowest BCUT2D eigenvalue weighted by Crippen LogP contribution is -2.13. The number of carbonyl (C=O) groups is 1.